The highest BCUT2D eigenvalue weighted by atomic mass is 16.5. The van der Waals surface area contributed by atoms with Crippen LogP contribution in [-0.2, 0) is 4.74 Å². The van der Waals surface area contributed by atoms with E-state index in [1.165, 1.54) is 12.8 Å². The van der Waals surface area contributed by atoms with Crippen molar-refractivity contribution < 1.29 is 14.6 Å². The highest BCUT2D eigenvalue weighted by Crippen LogP contribution is 2.28. The summed E-state index contributed by atoms with van der Waals surface area (Å²) in [5, 5.41) is 13.5. The van der Waals surface area contributed by atoms with Crippen LogP contribution in [0.3, 0.4) is 0 Å². The van der Waals surface area contributed by atoms with E-state index in [0.29, 0.717) is 6.54 Å². The Morgan fingerprint density at radius 3 is 2.82 bits per heavy atom. The molecule has 2 N–H and O–H groups in total. The first-order valence-electron chi connectivity index (χ1n) is 8.14. The molecule has 1 aromatic rings. The van der Waals surface area contributed by atoms with Crippen LogP contribution in [0.15, 0.2) is 24.3 Å². The van der Waals surface area contributed by atoms with Crippen molar-refractivity contribution in [2.45, 2.75) is 31.1 Å². The molecule has 0 aromatic heterocycles. The van der Waals surface area contributed by atoms with Crippen LogP contribution in [0, 0.1) is 0 Å². The molecule has 5 nitrogen and oxygen atoms in total. The molecule has 2 atom stereocenters. The summed E-state index contributed by atoms with van der Waals surface area (Å²) in [5.74, 6) is 0.805. The standard InChI is InChI=1S/C17H26N2O3/c1-21-15-6-2-13(3-7-15)17(20)11-18-10-16-12-19(8-9-22-16)14-4-5-14/h2-3,6-7,14,16-18,20H,4-5,8-12H2,1H3/t16-,17-/m1/s1. The van der Waals surface area contributed by atoms with E-state index in [4.69, 9.17) is 9.47 Å². The molecule has 5 heteroatoms. The van der Waals surface area contributed by atoms with Gasteiger partial charge in [0.1, 0.15) is 5.75 Å². The molecule has 1 aromatic carbocycles. The Labute approximate surface area is 132 Å². The van der Waals surface area contributed by atoms with E-state index >= 15 is 0 Å². The van der Waals surface area contributed by atoms with Gasteiger partial charge < -0.3 is 19.9 Å². The van der Waals surface area contributed by atoms with Crippen LogP contribution in [-0.4, -0.2) is 62.0 Å². The lowest BCUT2D eigenvalue weighted by molar-refractivity contribution is -0.0309. The van der Waals surface area contributed by atoms with Gasteiger partial charge >= 0.3 is 0 Å². The van der Waals surface area contributed by atoms with E-state index in [1.807, 2.05) is 24.3 Å². The molecule has 0 bridgehead atoms. The number of methoxy groups -OCH3 is 1. The van der Waals surface area contributed by atoms with Gasteiger partial charge in [0.15, 0.2) is 0 Å². The van der Waals surface area contributed by atoms with Gasteiger partial charge in [0.2, 0.25) is 0 Å². The lowest BCUT2D eigenvalue weighted by atomic mass is 10.1. The number of nitrogens with one attached hydrogen (secondary N) is 1. The molecule has 22 heavy (non-hydrogen) atoms. The second-order valence-electron chi connectivity index (χ2n) is 6.17. The third-order valence-electron chi connectivity index (χ3n) is 4.44. The average molecular weight is 306 g/mol. The summed E-state index contributed by atoms with van der Waals surface area (Å²) in [5.41, 5.74) is 0.900. The van der Waals surface area contributed by atoms with Crippen molar-refractivity contribution in [1.82, 2.24) is 10.2 Å². The van der Waals surface area contributed by atoms with Crippen molar-refractivity contribution in [2.24, 2.45) is 0 Å². The zero-order chi connectivity index (χ0) is 15.4. The van der Waals surface area contributed by atoms with Gasteiger partial charge in [-0.3, -0.25) is 4.90 Å². The van der Waals surface area contributed by atoms with E-state index in [2.05, 4.69) is 10.2 Å². The summed E-state index contributed by atoms with van der Waals surface area (Å²) in [6.07, 6.45) is 2.42. The number of nitrogens with zero attached hydrogens (tertiary/aromatic N) is 1. The zero-order valence-electron chi connectivity index (χ0n) is 13.2. The number of hydrogen-bond donors (Lipinski definition) is 2. The van der Waals surface area contributed by atoms with E-state index in [9.17, 15) is 5.11 Å². The fourth-order valence-electron chi connectivity index (χ4n) is 2.96. The SMILES string of the molecule is COc1ccc([C@H](O)CNC[C@@H]2CN(C3CC3)CCO2)cc1. The van der Waals surface area contributed by atoms with Crippen LogP contribution < -0.4 is 10.1 Å². The zero-order valence-corrected chi connectivity index (χ0v) is 13.2. The molecule has 0 amide bonds. The molecule has 1 heterocycles. The second kappa shape index (κ2) is 7.42. The maximum absolute atomic E-state index is 10.2. The van der Waals surface area contributed by atoms with Gasteiger partial charge in [-0.15, -0.1) is 0 Å². The maximum Gasteiger partial charge on any atom is 0.118 e. The van der Waals surface area contributed by atoms with Crippen LogP contribution in [0.2, 0.25) is 0 Å². The molecule has 0 radical (unpaired) electrons. The normalized spacial score (nSPS) is 24.2. The Hall–Kier alpha value is -1.14. The molecule has 0 spiro atoms. The quantitative estimate of drug-likeness (QED) is 0.792. The summed E-state index contributed by atoms with van der Waals surface area (Å²) in [6.45, 7) is 4.22. The van der Waals surface area contributed by atoms with E-state index in [1.54, 1.807) is 7.11 Å². The first kappa shape index (κ1) is 15.7. The van der Waals surface area contributed by atoms with Crippen molar-refractivity contribution in [3.05, 3.63) is 29.8 Å². The summed E-state index contributed by atoms with van der Waals surface area (Å²) in [7, 11) is 1.64. The summed E-state index contributed by atoms with van der Waals surface area (Å²) in [4.78, 5) is 2.54. The Morgan fingerprint density at radius 2 is 2.14 bits per heavy atom. The van der Waals surface area contributed by atoms with Crippen molar-refractivity contribution >= 4 is 0 Å². The first-order chi connectivity index (χ1) is 10.8. The highest BCUT2D eigenvalue weighted by molar-refractivity contribution is 5.28. The van der Waals surface area contributed by atoms with E-state index < -0.39 is 6.10 Å². The van der Waals surface area contributed by atoms with Gasteiger partial charge in [-0.2, -0.15) is 0 Å². The third kappa shape index (κ3) is 4.20. The predicted octanol–water partition coefficient (Wildman–Crippen LogP) is 1.18. The molecule has 1 aliphatic heterocycles. The van der Waals surface area contributed by atoms with Crippen LogP contribution in [0.4, 0.5) is 0 Å². The number of hydrogen-bond acceptors (Lipinski definition) is 5. The summed E-state index contributed by atoms with van der Waals surface area (Å²) >= 11 is 0. The maximum atomic E-state index is 10.2. The molecular formula is C17H26N2O3. The van der Waals surface area contributed by atoms with Gasteiger partial charge in [-0.05, 0) is 30.5 Å². The number of benzene rings is 1. The Morgan fingerprint density at radius 1 is 1.36 bits per heavy atom. The molecule has 122 valence electrons. The smallest absolute Gasteiger partial charge is 0.118 e. The number of aliphatic hydroxyl groups excluding tert-OH is 1. The van der Waals surface area contributed by atoms with E-state index in [-0.39, 0.29) is 6.10 Å². The lowest BCUT2D eigenvalue weighted by Gasteiger charge is -2.33. The lowest BCUT2D eigenvalue weighted by Crippen LogP contribution is -2.47. The molecule has 1 aliphatic carbocycles. The topological polar surface area (TPSA) is 54.0 Å². The minimum absolute atomic E-state index is 0.234. The third-order valence-corrected chi connectivity index (χ3v) is 4.44. The Balaban J connectivity index is 1.39. The van der Waals surface area contributed by atoms with Crippen LogP contribution in [0.5, 0.6) is 5.75 Å². The van der Waals surface area contributed by atoms with Crippen molar-refractivity contribution in [2.75, 3.05) is 39.9 Å². The van der Waals surface area contributed by atoms with Crippen LogP contribution in [0.25, 0.3) is 0 Å². The van der Waals surface area contributed by atoms with Gasteiger partial charge in [-0.1, -0.05) is 12.1 Å². The Bertz CT molecular complexity index is 461. The number of rotatable bonds is 7. The molecule has 1 saturated heterocycles. The van der Waals surface area contributed by atoms with Gasteiger partial charge in [-0.25, -0.2) is 0 Å². The fraction of sp³-hybridized carbons (Fsp3) is 0.647. The minimum Gasteiger partial charge on any atom is -0.497 e. The summed E-state index contributed by atoms with van der Waals surface area (Å²) < 4.78 is 10.9. The van der Waals surface area contributed by atoms with Gasteiger partial charge in [0.25, 0.3) is 0 Å². The fourth-order valence-corrected chi connectivity index (χ4v) is 2.96. The Kier molecular flexibility index (Phi) is 5.31. The van der Waals surface area contributed by atoms with Gasteiger partial charge in [0.05, 0.1) is 25.9 Å². The molecule has 0 unspecified atom stereocenters. The number of ether oxygens (including phenoxy) is 2. The van der Waals surface area contributed by atoms with Crippen LogP contribution in [0.1, 0.15) is 24.5 Å². The number of morpholine rings is 1. The molecule has 2 aliphatic rings. The minimum atomic E-state index is -0.506. The molecular weight excluding hydrogens is 280 g/mol. The monoisotopic (exact) mass is 306 g/mol. The highest BCUT2D eigenvalue weighted by Gasteiger charge is 2.32. The van der Waals surface area contributed by atoms with E-state index in [0.717, 1.165) is 43.6 Å². The molecule has 3 rings (SSSR count). The molecule has 2 fully saturated rings. The molecule has 1 saturated carbocycles. The largest absolute Gasteiger partial charge is 0.497 e. The second-order valence-corrected chi connectivity index (χ2v) is 6.17. The van der Waals surface area contributed by atoms with Gasteiger partial charge in [0, 0.05) is 32.2 Å². The number of aliphatic hydroxyl groups is 1. The van der Waals surface area contributed by atoms with Crippen molar-refractivity contribution in [3.8, 4) is 5.75 Å². The van der Waals surface area contributed by atoms with Crippen molar-refractivity contribution in [1.29, 1.82) is 0 Å². The van der Waals surface area contributed by atoms with Crippen molar-refractivity contribution in [3.63, 3.8) is 0 Å². The predicted molar refractivity (Wildman–Crippen MR) is 85.2 cm³/mol. The summed E-state index contributed by atoms with van der Waals surface area (Å²) in [6, 6.07) is 8.34. The average Bonchev–Trinajstić information content (AvgIpc) is 3.40. The van der Waals surface area contributed by atoms with Crippen LogP contribution >= 0.6 is 0 Å². The first-order valence-corrected chi connectivity index (χ1v) is 8.14.